The molecule has 0 spiro atoms. The van der Waals surface area contributed by atoms with Crippen molar-refractivity contribution in [1.82, 2.24) is 0 Å². The van der Waals surface area contributed by atoms with Crippen LogP contribution in [-0.4, -0.2) is 24.8 Å². The fraction of sp³-hybridized carbons (Fsp3) is 0.933. The fourth-order valence-electron chi connectivity index (χ4n) is 3.56. The van der Waals surface area contributed by atoms with Crippen LogP contribution in [0.25, 0.3) is 0 Å². The second kappa shape index (κ2) is 5.20. The Morgan fingerprint density at radius 2 is 1.89 bits per heavy atom. The molecule has 0 aromatic carbocycles. The van der Waals surface area contributed by atoms with Gasteiger partial charge in [0.15, 0.2) is 0 Å². The molecule has 2 saturated carbocycles. The highest BCUT2D eigenvalue weighted by atomic mass is 16.6. The molecule has 0 aromatic rings. The van der Waals surface area contributed by atoms with Crippen molar-refractivity contribution in [3.8, 4) is 0 Å². The molecule has 4 unspecified atom stereocenters. The quantitative estimate of drug-likeness (QED) is 0.572. The number of hydrogen-bond acceptors (Lipinski definition) is 3. The molecule has 102 valence electrons. The zero-order valence-corrected chi connectivity index (χ0v) is 11.3. The van der Waals surface area contributed by atoms with Gasteiger partial charge in [-0.05, 0) is 37.5 Å². The van der Waals surface area contributed by atoms with Crippen molar-refractivity contribution in [1.29, 1.82) is 0 Å². The predicted molar refractivity (Wildman–Crippen MR) is 68.1 cm³/mol. The van der Waals surface area contributed by atoms with E-state index in [1.165, 1.54) is 19.3 Å². The van der Waals surface area contributed by atoms with Crippen LogP contribution in [0.2, 0.25) is 0 Å². The highest BCUT2D eigenvalue weighted by molar-refractivity contribution is 5.72. The highest BCUT2D eigenvalue weighted by Crippen LogP contribution is 2.42. The van der Waals surface area contributed by atoms with E-state index in [-0.39, 0.29) is 11.9 Å². The molecule has 0 amide bonds. The molecule has 3 fully saturated rings. The molecule has 1 aliphatic heterocycles. The van der Waals surface area contributed by atoms with Gasteiger partial charge in [-0.15, -0.1) is 0 Å². The van der Waals surface area contributed by atoms with Crippen molar-refractivity contribution >= 4 is 5.97 Å². The minimum absolute atomic E-state index is 0.0562. The summed E-state index contributed by atoms with van der Waals surface area (Å²) in [4.78, 5) is 12.0. The summed E-state index contributed by atoms with van der Waals surface area (Å²) in [5, 5.41) is 0. The van der Waals surface area contributed by atoms with Crippen molar-refractivity contribution in [3.05, 3.63) is 0 Å². The maximum atomic E-state index is 12.0. The SMILES string of the molecule is CC1CC2OC2CC1COC(=O)C1CCCCC1. The average Bonchev–Trinajstić information content (AvgIpc) is 3.14. The van der Waals surface area contributed by atoms with Crippen LogP contribution >= 0.6 is 0 Å². The van der Waals surface area contributed by atoms with Crippen LogP contribution in [0, 0.1) is 17.8 Å². The van der Waals surface area contributed by atoms with Gasteiger partial charge in [-0.1, -0.05) is 26.2 Å². The normalized spacial score (nSPS) is 40.1. The Labute approximate surface area is 109 Å². The van der Waals surface area contributed by atoms with E-state index in [1.807, 2.05) is 0 Å². The van der Waals surface area contributed by atoms with Crippen LogP contribution in [0.5, 0.6) is 0 Å². The van der Waals surface area contributed by atoms with Gasteiger partial charge in [0, 0.05) is 0 Å². The maximum Gasteiger partial charge on any atom is 0.308 e. The number of epoxide rings is 1. The largest absolute Gasteiger partial charge is 0.465 e. The van der Waals surface area contributed by atoms with Crippen LogP contribution in [0.1, 0.15) is 51.9 Å². The molecular weight excluding hydrogens is 228 g/mol. The second-order valence-corrected chi connectivity index (χ2v) is 6.39. The van der Waals surface area contributed by atoms with Crippen LogP contribution in [0.4, 0.5) is 0 Å². The standard InChI is InChI=1S/C15H24O3/c1-10-7-13-14(18-13)8-12(10)9-17-15(16)11-5-3-2-4-6-11/h10-14H,2-9H2,1H3. The zero-order chi connectivity index (χ0) is 12.5. The molecule has 3 aliphatic rings. The van der Waals surface area contributed by atoms with E-state index in [9.17, 15) is 4.79 Å². The number of hydrogen-bond donors (Lipinski definition) is 0. The molecule has 1 heterocycles. The van der Waals surface area contributed by atoms with Crippen LogP contribution in [-0.2, 0) is 14.3 Å². The van der Waals surface area contributed by atoms with Crippen molar-refractivity contribution in [2.45, 2.75) is 64.1 Å². The molecule has 3 nitrogen and oxygen atoms in total. The third kappa shape index (κ3) is 2.71. The molecule has 2 aliphatic carbocycles. The second-order valence-electron chi connectivity index (χ2n) is 6.39. The first-order valence-electron chi connectivity index (χ1n) is 7.56. The molecule has 0 N–H and O–H groups in total. The molecule has 0 radical (unpaired) electrons. The molecule has 0 bridgehead atoms. The third-order valence-electron chi connectivity index (χ3n) is 5.01. The van der Waals surface area contributed by atoms with E-state index >= 15 is 0 Å². The Bertz CT molecular complexity index is 309. The Morgan fingerprint density at radius 3 is 2.67 bits per heavy atom. The summed E-state index contributed by atoms with van der Waals surface area (Å²) in [6.07, 6.45) is 8.96. The van der Waals surface area contributed by atoms with E-state index in [1.54, 1.807) is 0 Å². The van der Waals surface area contributed by atoms with E-state index in [2.05, 4.69) is 6.92 Å². The summed E-state index contributed by atoms with van der Waals surface area (Å²) in [5.41, 5.74) is 0. The van der Waals surface area contributed by atoms with Gasteiger partial charge >= 0.3 is 5.97 Å². The van der Waals surface area contributed by atoms with Crippen LogP contribution < -0.4 is 0 Å². The van der Waals surface area contributed by atoms with Crippen LogP contribution in [0.15, 0.2) is 0 Å². The van der Waals surface area contributed by atoms with Gasteiger partial charge < -0.3 is 9.47 Å². The summed E-state index contributed by atoms with van der Waals surface area (Å²) in [6, 6.07) is 0. The van der Waals surface area contributed by atoms with Crippen molar-refractivity contribution in [2.75, 3.05) is 6.61 Å². The monoisotopic (exact) mass is 252 g/mol. The van der Waals surface area contributed by atoms with Gasteiger partial charge in [0.25, 0.3) is 0 Å². The van der Waals surface area contributed by atoms with Gasteiger partial charge in [-0.3, -0.25) is 4.79 Å². The summed E-state index contributed by atoms with van der Waals surface area (Å²) in [6.45, 7) is 2.88. The minimum atomic E-state index is 0.0562. The van der Waals surface area contributed by atoms with Crippen molar-refractivity contribution in [3.63, 3.8) is 0 Å². The van der Waals surface area contributed by atoms with Crippen molar-refractivity contribution in [2.24, 2.45) is 17.8 Å². The number of carbonyl (C=O) groups is 1. The van der Waals surface area contributed by atoms with Crippen LogP contribution in [0.3, 0.4) is 0 Å². The smallest absolute Gasteiger partial charge is 0.308 e. The third-order valence-corrected chi connectivity index (χ3v) is 5.01. The summed E-state index contributed by atoms with van der Waals surface area (Å²) < 4.78 is 11.1. The van der Waals surface area contributed by atoms with Crippen molar-refractivity contribution < 1.29 is 14.3 Å². The first kappa shape index (κ1) is 12.5. The Hall–Kier alpha value is -0.570. The molecule has 4 atom stereocenters. The Balaban J connectivity index is 1.43. The molecule has 0 aromatic heterocycles. The lowest BCUT2D eigenvalue weighted by molar-refractivity contribution is -0.151. The summed E-state index contributed by atoms with van der Waals surface area (Å²) in [5.74, 6) is 1.39. The molecular formula is C15H24O3. The lowest BCUT2D eigenvalue weighted by Gasteiger charge is -2.27. The van der Waals surface area contributed by atoms with E-state index < -0.39 is 0 Å². The summed E-state index contributed by atoms with van der Waals surface area (Å²) >= 11 is 0. The highest BCUT2D eigenvalue weighted by Gasteiger charge is 2.47. The number of esters is 1. The number of carbonyl (C=O) groups excluding carboxylic acids is 1. The van der Waals surface area contributed by atoms with Gasteiger partial charge in [0.1, 0.15) is 0 Å². The lowest BCUT2D eigenvalue weighted by atomic mass is 9.81. The number of rotatable bonds is 3. The van der Waals surface area contributed by atoms with Gasteiger partial charge in [0.05, 0.1) is 24.7 Å². The Morgan fingerprint density at radius 1 is 1.17 bits per heavy atom. The first-order chi connectivity index (χ1) is 8.74. The fourth-order valence-corrected chi connectivity index (χ4v) is 3.56. The topological polar surface area (TPSA) is 38.8 Å². The van der Waals surface area contributed by atoms with E-state index in [4.69, 9.17) is 9.47 Å². The molecule has 1 saturated heterocycles. The zero-order valence-electron chi connectivity index (χ0n) is 11.3. The minimum Gasteiger partial charge on any atom is -0.465 e. The molecule has 18 heavy (non-hydrogen) atoms. The predicted octanol–water partition coefficient (Wildman–Crippen LogP) is 2.92. The lowest BCUT2D eigenvalue weighted by Crippen LogP contribution is -2.29. The number of fused-ring (bicyclic) bond motifs is 1. The van der Waals surface area contributed by atoms with E-state index in [0.29, 0.717) is 30.7 Å². The first-order valence-corrected chi connectivity index (χ1v) is 7.56. The molecule has 3 rings (SSSR count). The molecule has 3 heteroatoms. The Kier molecular flexibility index (Phi) is 3.60. The van der Waals surface area contributed by atoms with Gasteiger partial charge in [-0.25, -0.2) is 0 Å². The van der Waals surface area contributed by atoms with E-state index in [0.717, 1.165) is 25.7 Å². The van der Waals surface area contributed by atoms with Gasteiger partial charge in [0.2, 0.25) is 0 Å². The number of ether oxygens (including phenoxy) is 2. The maximum absolute atomic E-state index is 12.0. The van der Waals surface area contributed by atoms with Gasteiger partial charge in [-0.2, -0.15) is 0 Å². The average molecular weight is 252 g/mol. The summed E-state index contributed by atoms with van der Waals surface area (Å²) in [7, 11) is 0.